The van der Waals surface area contributed by atoms with Crippen LogP contribution in [0.25, 0.3) is 90.0 Å². The zero-order chi connectivity index (χ0) is 32.6. The third-order valence-corrected chi connectivity index (χ3v) is 8.56. The van der Waals surface area contributed by atoms with E-state index in [9.17, 15) is 0 Å². The summed E-state index contributed by atoms with van der Waals surface area (Å²) in [6.45, 7) is 0. The second-order valence-corrected chi connectivity index (χ2v) is 11.7. The van der Waals surface area contributed by atoms with Crippen LogP contribution in [0.3, 0.4) is 0 Å². The molecule has 0 aliphatic heterocycles. The number of fused-ring (bicyclic) bond motifs is 3. The van der Waals surface area contributed by atoms with Crippen molar-refractivity contribution >= 4 is 22.1 Å². The summed E-state index contributed by atoms with van der Waals surface area (Å²) < 4.78 is 6.28. The Balaban J connectivity index is 1.10. The highest BCUT2D eigenvalue weighted by atomic mass is 16.3. The molecule has 0 fully saturated rings. The van der Waals surface area contributed by atoms with Gasteiger partial charge in [-0.1, -0.05) is 146 Å². The van der Waals surface area contributed by atoms with E-state index < -0.39 is 0 Å². The first-order chi connectivity index (χ1) is 24.3. The summed E-state index contributed by atoms with van der Waals surface area (Å²) in [6.07, 6.45) is 0. The van der Waals surface area contributed by atoms with Gasteiger partial charge in [0.15, 0.2) is 28.9 Å². The molecule has 49 heavy (non-hydrogen) atoms. The van der Waals surface area contributed by atoms with Crippen LogP contribution in [-0.2, 0) is 0 Å². The predicted molar refractivity (Wildman–Crippen MR) is 195 cm³/mol. The maximum atomic E-state index is 6.28. The fraction of sp³-hybridized carbons (Fsp3) is 0. The molecule has 6 nitrogen and oxygen atoms in total. The second kappa shape index (κ2) is 12.1. The SMILES string of the molecule is c1ccc(-c2nc(-c3ccccc3)nc(-c3cccc(-c4ccc(-c5nc(-c6ccccc6)c6oc7ccccc7c6n5)cc4)c3)n2)cc1. The maximum Gasteiger partial charge on any atom is 0.180 e. The van der Waals surface area contributed by atoms with Crippen molar-refractivity contribution in [2.45, 2.75) is 0 Å². The monoisotopic (exact) mass is 629 g/mol. The van der Waals surface area contributed by atoms with E-state index in [4.69, 9.17) is 29.3 Å². The molecule has 9 rings (SSSR count). The maximum absolute atomic E-state index is 6.28. The molecule has 0 radical (unpaired) electrons. The van der Waals surface area contributed by atoms with Gasteiger partial charge in [0.05, 0.1) is 0 Å². The van der Waals surface area contributed by atoms with Crippen molar-refractivity contribution in [1.29, 1.82) is 0 Å². The van der Waals surface area contributed by atoms with Crippen molar-refractivity contribution in [1.82, 2.24) is 24.9 Å². The van der Waals surface area contributed by atoms with Gasteiger partial charge in [-0.3, -0.25) is 0 Å². The zero-order valence-electron chi connectivity index (χ0n) is 26.2. The van der Waals surface area contributed by atoms with Crippen LogP contribution in [-0.4, -0.2) is 24.9 Å². The molecule has 0 aliphatic rings. The first-order valence-electron chi connectivity index (χ1n) is 16.1. The number of rotatable bonds is 6. The Morgan fingerprint density at radius 1 is 0.327 bits per heavy atom. The van der Waals surface area contributed by atoms with Crippen molar-refractivity contribution in [2.24, 2.45) is 0 Å². The Bertz CT molecular complexity index is 2530. The molecular weight excluding hydrogens is 603 g/mol. The van der Waals surface area contributed by atoms with E-state index in [0.29, 0.717) is 28.9 Å². The Labute approximate surface area is 282 Å². The Kier molecular flexibility index (Phi) is 7.02. The van der Waals surface area contributed by atoms with Crippen LogP contribution in [0.5, 0.6) is 0 Å². The van der Waals surface area contributed by atoms with Gasteiger partial charge in [-0.05, 0) is 29.3 Å². The molecule has 230 valence electrons. The molecule has 0 amide bonds. The van der Waals surface area contributed by atoms with Crippen molar-refractivity contribution < 1.29 is 4.42 Å². The molecule has 6 heteroatoms. The van der Waals surface area contributed by atoms with E-state index in [1.165, 1.54) is 0 Å². The standard InChI is InChI=1S/C43H27N5O/c1-4-13-29(14-5-1)37-39-38(35-21-10-11-22-36(35)49-39)45-40(44-37)32-25-23-28(24-26-32)33-19-12-20-34(27-33)43-47-41(30-15-6-2-7-16-30)46-42(48-43)31-17-8-3-9-18-31/h1-27H. The Hall–Kier alpha value is -6.79. The number of hydrogen-bond donors (Lipinski definition) is 0. The molecule has 0 aliphatic carbocycles. The molecule has 3 heterocycles. The van der Waals surface area contributed by atoms with Gasteiger partial charge >= 0.3 is 0 Å². The summed E-state index contributed by atoms with van der Waals surface area (Å²) in [5.74, 6) is 2.53. The summed E-state index contributed by atoms with van der Waals surface area (Å²) in [6, 6.07) is 54.8. The van der Waals surface area contributed by atoms with Gasteiger partial charge in [-0.15, -0.1) is 0 Å². The van der Waals surface area contributed by atoms with Crippen LogP contribution in [0.1, 0.15) is 0 Å². The first kappa shape index (κ1) is 28.4. The number of aromatic nitrogens is 5. The fourth-order valence-corrected chi connectivity index (χ4v) is 6.10. The van der Waals surface area contributed by atoms with E-state index >= 15 is 0 Å². The normalized spacial score (nSPS) is 11.3. The fourth-order valence-electron chi connectivity index (χ4n) is 6.10. The highest BCUT2D eigenvalue weighted by Crippen LogP contribution is 2.36. The van der Waals surface area contributed by atoms with Gasteiger partial charge < -0.3 is 4.42 Å². The molecule has 0 spiro atoms. The van der Waals surface area contributed by atoms with E-state index in [2.05, 4.69) is 36.4 Å². The van der Waals surface area contributed by atoms with E-state index in [0.717, 1.165) is 61.1 Å². The van der Waals surface area contributed by atoms with Crippen LogP contribution < -0.4 is 0 Å². The lowest BCUT2D eigenvalue weighted by atomic mass is 10.0. The van der Waals surface area contributed by atoms with Crippen LogP contribution in [0.15, 0.2) is 168 Å². The minimum Gasteiger partial charge on any atom is -0.452 e. The average Bonchev–Trinajstić information content (AvgIpc) is 3.57. The minimum absolute atomic E-state index is 0.619. The number of hydrogen-bond acceptors (Lipinski definition) is 6. The number of nitrogens with zero attached hydrogens (tertiary/aromatic N) is 5. The average molecular weight is 630 g/mol. The molecular formula is C43H27N5O. The number of benzene rings is 6. The molecule has 6 aromatic carbocycles. The Morgan fingerprint density at radius 3 is 1.45 bits per heavy atom. The smallest absolute Gasteiger partial charge is 0.180 e. The summed E-state index contributed by atoms with van der Waals surface area (Å²) >= 11 is 0. The number of para-hydroxylation sites is 1. The quantitative estimate of drug-likeness (QED) is 0.182. The molecule has 0 N–H and O–H groups in total. The van der Waals surface area contributed by atoms with Gasteiger partial charge in [-0.2, -0.15) is 0 Å². The predicted octanol–water partition coefficient (Wildman–Crippen LogP) is 10.6. The van der Waals surface area contributed by atoms with E-state index in [1.54, 1.807) is 0 Å². The van der Waals surface area contributed by atoms with Crippen LogP contribution in [0.2, 0.25) is 0 Å². The van der Waals surface area contributed by atoms with E-state index in [1.807, 2.05) is 127 Å². The van der Waals surface area contributed by atoms with Crippen molar-refractivity contribution in [3.63, 3.8) is 0 Å². The highest BCUT2D eigenvalue weighted by Gasteiger charge is 2.18. The molecule has 0 unspecified atom stereocenters. The van der Waals surface area contributed by atoms with Crippen molar-refractivity contribution in [3.8, 4) is 67.9 Å². The van der Waals surface area contributed by atoms with Gasteiger partial charge in [0.2, 0.25) is 0 Å². The minimum atomic E-state index is 0.619. The molecule has 0 saturated heterocycles. The summed E-state index contributed by atoms with van der Waals surface area (Å²) in [5, 5.41) is 0.968. The molecule has 0 bridgehead atoms. The lowest BCUT2D eigenvalue weighted by Crippen LogP contribution is -2.00. The lowest BCUT2D eigenvalue weighted by molar-refractivity contribution is 0.667. The van der Waals surface area contributed by atoms with Crippen molar-refractivity contribution in [2.75, 3.05) is 0 Å². The van der Waals surface area contributed by atoms with Gasteiger partial charge in [0.25, 0.3) is 0 Å². The second-order valence-electron chi connectivity index (χ2n) is 11.7. The van der Waals surface area contributed by atoms with Crippen molar-refractivity contribution in [3.05, 3.63) is 164 Å². The third-order valence-electron chi connectivity index (χ3n) is 8.56. The topological polar surface area (TPSA) is 77.6 Å². The largest absolute Gasteiger partial charge is 0.452 e. The highest BCUT2D eigenvalue weighted by molar-refractivity contribution is 6.07. The summed E-state index contributed by atoms with van der Waals surface area (Å²) in [5.41, 5.74) is 9.85. The summed E-state index contributed by atoms with van der Waals surface area (Å²) in [7, 11) is 0. The van der Waals surface area contributed by atoms with Gasteiger partial charge in [0, 0.05) is 33.2 Å². The van der Waals surface area contributed by atoms with Gasteiger partial charge in [-0.25, -0.2) is 24.9 Å². The Morgan fingerprint density at radius 2 is 0.796 bits per heavy atom. The number of furan rings is 1. The van der Waals surface area contributed by atoms with E-state index in [-0.39, 0.29) is 0 Å². The van der Waals surface area contributed by atoms with Crippen LogP contribution in [0, 0.1) is 0 Å². The van der Waals surface area contributed by atoms with Crippen LogP contribution >= 0.6 is 0 Å². The van der Waals surface area contributed by atoms with Crippen LogP contribution in [0.4, 0.5) is 0 Å². The molecule has 9 aromatic rings. The molecule has 0 saturated carbocycles. The lowest BCUT2D eigenvalue weighted by Gasteiger charge is -2.10. The zero-order valence-corrected chi connectivity index (χ0v) is 26.2. The molecule has 3 aromatic heterocycles. The summed E-state index contributed by atoms with van der Waals surface area (Å²) in [4.78, 5) is 24.7. The third kappa shape index (κ3) is 5.41. The molecule has 0 atom stereocenters. The van der Waals surface area contributed by atoms with Gasteiger partial charge in [0.1, 0.15) is 16.8 Å². The first-order valence-corrected chi connectivity index (χ1v) is 16.1.